The molecule has 0 unspecified atom stereocenters. The van der Waals surface area contributed by atoms with E-state index in [9.17, 15) is 4.79 Å². The number of hydrogen-bond donors (Lipinski definition) is 0. The first kappa shape index (κ1) is 14.8. The van der Waals surface area contributed by atoms with Crippen molar-refractivity contribution in [2.24, 2.45) is 0 Å². The Morgan fingerprint density at radius 1 is 0.913 bits per heavy atom. The van der Waals surface area contributed by atoms with E-state index in [1.165, 1.54) is 6.07 Å². The van der Waals surface area contributed by atoms with E-state index in [0.717, 1.165) is 22.7 Å². The summed E-state index contributed by atoms with van der Waals surface area (Å²) in [6.45, 7) is 0. The number of aromatic nitrogens is 2. The van der Waals surface area contributed by atoms with Crippen molar-refractivity contribution in [3.05, 3.63) is 71.1 Å². The van der Waals surface area contributed by atoms with Gasteiger partial charge in [0.2, 0.25) is 5.88 Å². The Morgan fingerprint density at radius 3 is 2.39 bits per heavy atom. The Kier molecular flexibility index (Phi) is 4.10. The molecule has 0 bridgehead atoms. The van der Waals surface area contributed by atoms with Gasteiger partial charge < -0.3 is 9.47 Å². The Morgan fingerprint density at radius 2 is 1.70 bits per heavy atom. The quantitative estimate of drug-likeness (QED) is 0.743. The summed E-state index contributed by atoms with van der Waals surface area (Å²) in [5, 5.41) is 0. The first-order valence-electron chi connectivity index (χ1n) is 7.10. The van der Waals surface area contributed by atoms with Crippen molar-refractivity contribution < 1.29 is 9.47 Å². The van der Waals surface area contributed by atoms with Gasteiger partial charge in [-0.2, -0.15) is 0 Å². The molecule has 116 valence electrons. The van der Waals surface area contributed by atoms with Crippen molar-refractivity contribution in [3.63, 3.8) is 0 Å². The first-order chi connectivity index (χ1) is 11.2. The number of benzene rings is 1. The SMILES string of the molecule is COc1ccc(-n2cc(-c3cccc(OC)n3)ccc2=O)cc1. The third kappa shape index (κ3) is 3.08. The highest BCUT2D eigenvalue weighted by Gasteiger charge is 2.06. The van der Waals surface area contributed by atoms with E-state index >= 15 is 0 Å². The predicted molar refractivity (Wildman–Crippen MR) is 88.4 cm³/mol. The lowest BCUT2D eigenvalue weighted by molar-refractivity contribution is 0.398. The van der Waals surface area contributed by atoms with Gasteiger partial charge >= 0.3 is 0 Å². The van der Waals surface area contributed by atoms with Crippen molar-refractivity contribution in [3.8, 4) is 28.6 Å². The number of pyridine rings is 2. The molecule has 0 aliphatic rings. The van der Waals surface area contributed by atoms with Gasteiger partial charge in [-0.1, -0.05) is 6.07 Å². The zero-order valence-corrected chi connectivity index (χ0v) is 12.9. The van der Waals surface area contributed by atoms with E-state index < -0.39 is 0 Å². The van der Waals surface area contributed by atoms with Crippen LogP contribution in [0.3, 0.4) is 0 Å². The maximum atomic E-state index is 12.2. The summed E-state index contributed by atoms with van der Waals surface area (Å²) in [5.74, 6) is 1.28. The summed E-state index contributed by atoms with van der Waals surface area (Å²) in [6.07, 6.45) is 1.77. The fourth-order valence-electron chi connectivity index (χ4n) is 2.27. The van der Waals surface area contributed by atoms with E-state index in [4.69, 9.17) is 9.47 Å². The second-order valence-electron chi connectivity index (χ2n) is 4.89. The highest BCUT2D eigenvalue weighted by Crippen LogP contribution is 2.20. The molecular formula is C18H16N2O3. The van der Waals surface area contributed by atoms with Crippen LogP contribution in [0.4, 0.5) is 0 Å². The monoisotopic (exact) mass is 308 g/mol. The van der Waals surface area contributed by atoms with Gasteiger partial charge in [0.05, 0.1) is 19.9 Å². The fourth-order valence-corrected chi connectivity index (χ4v) is 2.27. The van der Waals surface area contributed by atoms with Crippen molar-refractivity contribution in [1.29, 1.82) is 0 Å². The summed E-state index contributed by atoms with van der Waals surface area (Å²) in [6, 6.07) is 16.1. The zero-order chi connectivity index (χ0) is 16.2. The molecular weight excluding hydrogens is 292 g/mol. The van der Waals surface area contributed by atoms with Gasteiger partial charge in [-0.25, -0.2) is 4.98 Å². The molecule has 2 heterocycles. The molecule has 0 saturated heterocycles. The molecule has 1 aromatic carbocycles. The maximum Gasteiger partial charge on any atom is 0.255 e. The lowest BCUT2D eigenvalue weighted by Gasteiger charge is -2.09. The van der Waals surface area contributed by atoms with E-state index in [2.05, 4.69) is 4.98 Å². The molecule has 0 N–H and O–H groups in total. The molecule has 0 fully saturated rings. The minimum absolute atomic E-state index is 0.109. The van der Waals surface area contributed by atoms with Crippen molar-refractivity contribution in [2.75, 3.05) is 14.2 Å². The average Bonchev–Trinajstić information content (AvgIpc) is 2.62. The molecule has 0 aliphatic heterocycles. The number of nitrogens with zero attached hydrogens (tertiary/aromatic N) is 2. The van der Waals surface area contributed by atoms with Gasteiger partial charge in [0.15, 0.2) is 0 Å². The molecule has 5 heteroatoms. The van der Waals surface area contributed by atoms with Crippen LogP contribution in [0.5, 0.6) is 11.6 Å². The van der Waals surface area contributed by atoms with Crippen LogP contribution in [0.15, 0.2) is 65.6 Å². The highest BCUT2D eigenvalue weighted by atomic mass is 16.5. The number of hydrogen-bond acceptors (Lipinski definition) is 4. The highest BCUT2D eigenvalue weighted by molar-refractivity contribution is 5.59. The standard InChI is InChI=1S/C18H16N2O3/c1-22-15-9-7-14(8-10-15)20-12-13(6-11-18(20)21)16-4-3-5-17(19-16)23-2/h3-12H,1-2H3. The van der Waals surface area contributed by atoms with E-state index in [1.54, 1.807) is 37.1 Å². The Labute approximate surface area is 133 Å². The number of ether oxygens (including phenoxy) is 2. The second-order valence-corrected chi connectivity index (χ2v) is 4.89. The number of rotatable bonds is 4. The van der Waals surface area contributed by atoms with Crippen LogP contribution in [0, 0.1) is 0 Å². The third-order valence-corrected chi connectivity index (χ3v) is 3.49. The molecule has 3 rings (SSSR count). The largest absolute Gasteiger partial charge is 0.497 e. The van der Waals surface area contributed by atoms with E-state index in [0.29, 0.717) is 5.88 Å². The van der Waals surface area contributed by atoms with Crippen molar-refractivity contribution in [2.45, 2.75) is 0 Å². The van der Waals surface area contributed by atoms with Crippen LogP contribution in [0.2, 0.25) is 0 Å². The van der Waals surface area contributed by atoms with Gasteiger partial charge in [-0.15, -0.1) is 0 Å². The van der Waals surface area contributed by atoms with Crippen molar-refractivity contribution in [1.82, 2.24) is 9.55 Å². The summed E-state index contributed by atoms with van der Waals surface area (Å²) >= 11 is 0. The molecule has 23 heavy (non-hydrogen) atoms. The zero-order valence-electron chi connectivity index (χ0n) is 12.9. The van der Waals surface area contributed by atoms with Crippen LogP contribution in [-0.4, -0.2) is 23.8 Å². The Bertz CT molecular complexity index is 870. The Hall–Kier alpha value is -3.08. The van der Waals surface area contributed by atoms with Crippen molar-refractivity contribution >= 4 is 0 Å². The van der Waals surface area contributed by atoms with Gasteiger partial charge in [0, 0.05) is 29.6 Å². The number of methoxy groups -OCH3 is 2. The maximum absolute atomic E-state index is 12.2. The molecule has 2 aromatic heterocycles. The molecule has 3 aromatic rings. The molecule has 0 amide bonds. The topological polar surface area (TPSA) is 53.4 Å². The summed E-state index contributed by atoms with van der Waals surface area (Å²) < 4.78 is 11.9. The van der Waals surface area contributed by atoms with Crippen LogP contribution < -0.4 is 15.0 Å². The normalized spacial score (nSPS) is 10.3. The second kappa shape index (κ2) is 6.36. The smallest absolute Gasteiger partial charge is 0.255 e. The molecule has 0 atom stereocenters. The molecule has 0 aliphatic carbocycles. The van der Waals surface area contributed by atoms with Gasteiger partial charge in [0.1, 0.15) is 5.75 Å². The Balaban J connectivity index is 2.06. The summed E-state index contributed by atoms with van der Waals surface area (Å²) in [5.41, 5.74) is 2.23. The molecule has 0 radical (unpaired) electrons. The summed E-state index contributed by atoms with van der Waals surface area (Å²) in [7, 11) is 3.18. The fraction of sp³-hybridized carbons (Fsp3) is 0.111. The molecule has 5 nitrogen and oxygen atoms in total. The average molecular weight is 308 g/mol. The van der Waals surface area contributed by atoms with Crippen LogP contribution in [0.25, 0.3) is 16.9 Å². The predicted octanol–water partition coefficient (Wildman–Crippen LogP) is 2.92. The molecule has 0 spiro atoms. The van der Waals surface area contributed by atoms with Crippen LogP contribution >= 0.6 is 0 Å². The minimum atomic E-state index is -0.109. The third-order valence-electron chi connectivity index (χ3n) is 3.49. The van der Waals surface area contributed by atoms with Crippen LogP contribution in [0.1, 0.15) is 0 Å². The van der Waals surface area contributed by atoms with Gasteiger partial charge in [-0.05, 0) is 36.4 Å². The van der Waals surface area contributed by atoms with E-state index in [-0.39, 0.29) is 5.56 Å². The lowest BCUT2D eigenvalue weighted by atomic mass is 10.2. The minimum Gasteiger partial charge on any atom is -0.497 e. The first-order valence-corrected chi connectivity index (χ1v) is 7.10. The van der Waals surface area contributed by atoms with E-state index in [1.807, 2.05) is 36.4 Å². The van der Waals surface area contributed by atoms with Crippen LogP contribution in [-0.2, 0) is 0 Å². The molecule has 0 saturated carbocycles. The lowest BCUT2D eigenvalue weighted by Crippen LogP contribution is -2.16. The van der Waals surface area contributed by atoms with Gasteiger partial charge in [0.25, 0.3) is 5.56 Å². The summed E-state index contributed by atoms with van der Waals surface area (Å²) in [4.78, 5) is 16.6. The van der Waals surface area contributed by atoms with Gasteiger partial charge in [-0.3, -0.25) is 9.36 Å².